The molecule has 0 spiro atoms. The van der Waals surface area contributed by atoms with Crippen molar-refractivity contribution in [2.75, 3.05) is 13.7 Å². The van der Waals surface area contributed by atoms with E-state index in [-0.39, 0.29) is 6.04 Å². The molecule has 0 bridgehead atoms. The first-order chi connectivity index (χ1) is 10.2. The van der Waals surface area contributed by atoms with Crippen LogP contribution in [0.1, 0.15) is 35.4 Å². The van der Waals surface area contributed by atoms with Crippen molar-refractivity contribution in [3.63, 3.8) is 0 Å². The molecule has 3 rings (SSSR count). The number of aryl methyl sites for hydroxylation is 1. The van der Waals surface area contributed by atoms with Gasteiger partial charge in [-0.3, -0.25) is 0 Å². The summed E-state index contributed by atoms with van der Waals surface area (Å²) in [5.74, 6) is 2.13. The lowest BCUT2D eigenvalue weighted by molar-refractivity contribution is 0.351. The van der Waals surface area contributed by atoms with Gasteiger partial charge in [-0.1, -0.05) is 22.9 Å². The molecule has 21 heavy (non-hydrogen) atoms. The van der Waals surface area contributed by atoms with Crippen LogP contribution >= 0.6 is 15.9 Å². The molecular formula is C17H20BrNO2. The van der Waals surface area contributed by atoms with Crippen LogP contribution in [0.2, 0.25) is 0 Å². The lowest BCUT2D eigenvalue weighted by Gasteiger charge is -2.18. The molecule has 2 heterocycles. The van der Waals surface area contributed by atoms with Gasteiger partial charge < -0.3 is 14.5 Å². The van der Waals surface area contributed by atoms with Crippen molar-refractivity contribution in [2.24, 2.45) is 0 Å². The van der Waals surface area contributed by atoms with E-state index in [1.807, 2.05) is 7.05 Å². The summed E-state index contributed by atoms with van der Waals surface area (Å²) in [5.41, 5.74) is 3.79. The Hall–Kier alpha value is -1.26. The number of rotatable bonds is 5. The molecule has 1 unspecified atom stereocenters. The number of likely N-dealkylation sites (N-methyl/N-ethyl adjacent to an activating group) is 1. The zero-order chi connectivity index (χ0) is 14.8. The molecule has 0 saturated heterocycles. The number of ether oxygens (including phenoxy) is 1. The fraction of sp³-hybridized carbons (Fsp3) is 0.412. The minimum atomic E-state index is 0.237. The summed E-state index contributed by atoms with van der Waals surface area (Å²) in [6.45, 7) is 2.91. The van der Waals surface area contributed by atoms with Crippen LogP contribution in [-0.2, 0) is 19.3 Å². The standard InChI is InChI=1S/C17H20BrNO2/c1-3-16-14(5-7-20-16)15(19-2)10-12-9-13(18)8-11-4-6-21-17(11)12/h5,7-9,15,19H,3-4,6,10H2,1-2H3. The second kappa shape index (κ2) is 6.24. The van der Waals surface area contributed by atoms with E-state index >= 15 is 0 Å². The average Bonchev–Trinajstić information content (AvgIpc) is 3.12. The maximum atomic E-state index is 5.83. The van der Waals surface area contributed by atoms with Gasteiger partial charge in [0.25, 0.3) is 0 Å². The van der Waals surface area contributed by atoms with E-state index in [1.165, 1.54) is 16.7 Å². The summed E-state index contributed by atoms with van der Waals surface area (Å²) in [5, 5.41) is 3.41. The lowest BCUT2D eigenvalue weighted by Crippen LogP contribution is -2.19. The number of benzene rings is 1. The molecule has 1 aliphatic heterocycles. The summed E-state index contributed by atoms with van der Waals surface area (Å²) in [6.07, 6.45) is 4.58. The Bertz CT molecular complexity index is 636. The smallest absolute Gasteiger partial charge is 0.125 e. The molecule has 2 aromatic rings. The normalized spacial score (nSPS) is 14.8. The molecule has 1 aromatic heterocycles. The Balaban J connectivity index is 1.92. The van der Waals surface area contributed by atoms with Gasteiger partial charge in [0, 0.05) is 28.9 Å². The molecule has 3 nitrogen and oxygen atoms in total. The van der Waals surface area contributed by atoms with Crippen molar-refractivity contribution in [3.05, 3.63) is 51.4 Å². The molecule has 4 heteroatoms. The Morgan fingerprint density at radius 3 is 3.00 bits per heavy atom. The van der Waals surface area contributed by atoms with Gasteiger partial charge >= 0.3 is 0 Å². The first-order valence-corrected chi connectivity index (χ1v) is 8.19. The van der Waals surface area contributed by atoms with Gasteiger partial charge in [-0.05, 0) is 42.8 Å². The van der Waals surface area contributed by atoms with Crippen molar-refractivity contribution >= 4 is 15.9 Å². The highest BCUT2D eigenvalue weighted by Gasteiger charge is 2.22. The van der Waals surface area contributed by atoms with Crippen LogP contribution in [0.15, 0.2) is 33.4 Å². The van der Waals surface area contributed by atoms with Crippen molar-refractivity contribution < 1.29 is 9.15 Å². The maximum Gasteiger partial charge on any atom is 0.125 e. The van der Waals surface area contributed by atoms with Crippen molar-refractivity contribution in [1.29, 1.82) is 0 Å². The van der Waals surface area contributed by atoms with E-state index in [0.29, 0.717) is 0 Å². The quantitative estimate of drug-likeness (QED) is 0.884. The van der Waals surface area contributed by atoms with E-state index in [1.54, 1.807) is 6.26 Å². The summed E-state index contributed by atoms with van der Waals surface area (Å²) in [7, 11) is 2.00. The van der Waals surface area contributed by atoms with Gasteiger partial charge in [0.1, 0.15) is 11.5 Å². The van der Waals surface area contributed by atoms with Gasteiger partial charge in [0.2, 0.25) is 0 Å². The van der Waals surface area contributed by atoms with Crippen molar-refractivity contribution in [2.45, 2.75) is 32.2 Å². The Morgan fingerprint density at radius 2 is 2.24 bits per heavy atom. The van der Waals surface area contributed by atoms with E-state index < -0.39 is 0 Å². The fourth-order valence-corrected chi connectivity index (χ4v) is 3.59. The molecule has 1 aromatic carbocycles. The monoisotopic (exact) mass is 349 g/mol. The van der Waals surface area contributed by atoms with Crippen LogP contribution in [0.3, 0.4) is 0 Å². The van der Waals surface area contributed by atoms with Crippen LogP contribution in [0.5, 0.6) is 5.75 Å². The number of nitrogens with one attached hydrogen (secondary N) is 1. The highest BCUT2D eigenvalue weighted by atomic mass is 79.9. The molecule has 112 valence electrons. The fourth-order valence-electron chi connectivity index (χ4n) is 3.03. The average molecular weight is 350 g/mol. The first-order valence-electron chi connectivity index (χ1n) is 7.40. The van der Waals surface area contributed by atoms with E-state index in [4.69, 9.17) is 9.15 Å². The van der Waals surface area contributed by atoms with E-state index in [0.717, 1.165) is 41.9 Å². The summed E-state index contributed by atoms with van der Waals surface area (Å²) in [6, 6.07) is 6.63. The maximum absolute atomic E-state index is 5.83. The molecule has 1 aliphatic rings. The second-order valence-electron chi connectivity index (χ2n) is 5.35. The number of fused-ring (bicyclic) bond motifs is 1. The number of hydrogen-bond donors (Lipinski definition) is 1. The number of furan rings is 1. The van der Waals surface area contributed by atoms with Gasteiger partial charge in [0.15, 0.2) is 0 Å². The number of hydrogen-bond acceptors (Lipinski definition) is 3. The van der Waals surface area contributed by atoms with Gasteiger partial charge in [-0.2, -0.15) is 0 Å². The molecular weight excluding hydrogens is 330 g/mol. The zero-order valence-corrected chi connectivity index (χ0v) is 14.0. The molecule has 0 aliphatic carbocycles. The summed E-state index contributed by atoms with van der Waals surface area (Å²) in [4.78, 5) is 0. The minimum Gasteiger partial charge on any atom is -0.493 e. The molecule has 0 radical (unpaired) electrons. The molecule has 1 N–H and O–H groups in total. The topological polar surface area (TPSA) is 34.4 Å². The molecule has 0 fully saturated rings. The Morgan fingerprint density at radius 1 is 1.38 bits per heavy atom. The van der Waals surface area contributed by atoms with Crippen molar-refractivity contribution in [3.8, 4) is 5.75 Å². The van der Waals surface area contributed by atoms with Crippen LogP contribution in [0.4, 0.5) is 0 Å². The predicted molar refractivity (Wildman–Crippen MR) is 86.9 cm³/mol. The van der Waals surface area contributed by atoms with Crippen molar-refractivity contribution in [1.82, 2.24) is 5.32 Å². The van der Waals surface area contributed by atoms with E-state index in [2.05, 4.69) is 46.4 Å². The zero-order valence-electron chi connectivity index (χ0n) is 12.4. The predicted octanol–water partition coefficient (Wildman–Crippen LogP) is 4.04. The number of halogens is 1. The highest BCUT2D eigenvalue weighted by Crippen LogP contribution is 2.36. The molecule has 1 atom stereocenters. The van der Waals surface area contributed by atoms with Crippen LogP contribution in [0, 0.1) is 0 Å². The Labute approximate surface area is 133 Å². The summed E-state index contributed by atoms with van der Waals surface area (Å²) < 4.78 is 12.5. The van der Waals surface area contributed by atoms with Crippen LogP contribution < -0.4 is 10.1 Å². The second-order valence-corrected chi connectivity index (χ2v) is 6.27. The minimum absolute atomic E-state index is 0.237. The Kier molecular flexibility index (Phi) is 4.36. The van der Waals surface area contributed by atoms with Crippen LogP contribution in [0.25, 0.3) is 0 Å². The largest absolute Gasteiger partial charge is 0.493 e. The van der Waals surface area contributed by atoms with E-state index in [9.17, 15) is 0 Å². The third kappa shape index (κ3) is 2.87. The molecule has 0 saturated carbocycles. The van der Waals surface area contributed by atoms with Gasteiger partial charge in [0.05, 0.1) is 12.9 Å². The lowest BCUT2D eigenvalue weighted by atomic mass is 9.96. The summed E-state index contributed by atoms with van der Waals surface area (Å²) >= 11 is 3.61. The molecule has 0 amide bonds. The first kappa shape index (κ1) is 14.7. The third-order valence-electron chi connectivity index (χ3n) is 4.07. The third-order valence-corrected chi connectivity index (χ3v) is 4.53. The highest BCUT2D eigenvalue weighted by molar-refractivity contribution is 9.10. The van der Waals surface area contributed by atoms with Gasteiger partial charge in [-0.15, -0.1) is 0 Å². The SMILES string of the molecule is CCc1occc1C(Cc1cc(Br)cc2c1OCC2)NC. The van der Waals surface area contributed by atoms with Gasteiger partial charge in [-0.25, -0.2) is 0 Å². The van der Waals surface area contributed by atoms with Crippen LogP contribution in [-0.4, -0.2) is 13.7 Å².